The molecule has 0 heterocycles. The third-order valence-electron chi connectivity index (χ3n) is 6.41. The summed E-state index contributed by atoms with van der Waals surface area (Å²) in [6.07, 6.45) is -7.87. The number of aryl methyl sites for hydroxylation is 1. The van der Waals surface area contributed by atoms with Crippen LogP contribution in [0.2, 0.25) is 0 Å². The molecule has 0 radical (unpaired) electrons. The summed E-state index contributed by atoms with van der Waals surface area (Å²) in [5, 5.41) is 10.8. The lowest BCUT2D eigenvalue weighted by molar-refractivity contribution is -0.144. The van der Waals surface area contributed by atoms with Crippen LogP contribution in [0.3, 0.4) is 0 Å². The van der Waals surface area contributed by atoms with Crippen LogP contribution in [0, 0.1) is 6.92 Å². The fourth-order valence-electron chi connectivity index (χ4n) is 4.40. The van der Waals surface area contributed by atoms with Gasteiger partial charge in [0.05, 0.1) is 33.0 Å². The van der Waals surface area contributed by atoms with Crippen molar-refractivity contribution in [1.82, 2.24) is 0 Å². The lowest BCUT2D eigenvalue weighted by atomic mass is 9.93. The molecule has 0 bridgehead atoms. The zero-order valence-corrected chi connectivity index (χ0v) is 22.7. The lowest BCUT2D eigenvalue weighted by Crippen LogP contribution is -2.24. The van der Waals surface area contributed by atoms with Gasteiger partial charge in [-0.2, -0.15) is 13.2 Å². The summed E-state index contributed by atoms with van der Waals surface area (Å²) in [5.41, 5.74) is 0.628. The molecule has 7 nitrogen and oxygen atoms in total. The summed E-state index contributed by atoms with van der Waals surface area (Å²) in [6.45, 7) is 1.98. The second-order valence-corrected chi connectivity index (χ2v) is 9.29. The molecule has 0 saturated heterocycles. The Bertz CT molecular complexity index is 1260. The second-order valence-electron chi connectivity index (χ2n) is 9.29. The molecule has 0 saturated carbocycles. The fraction of sp³-hybridized carbons (Fsp3) is 0.333. The van der Waals surface area contributed by atoms with E-state index in [0.717, 1.165) is 18.2 Å². The van der Waals surface area contributed by atoms with Crippen molar-refractivity contribution in [3.63, 3.8) is 0 Å². The number of esters is 1. The zero-order chi connectivity index (χ0) is 29.4. The number of Topliss-reactive ketones (excluding diaryl/α,β-unsaturated/α-hetero) is 1. The number of carbonyl (C=O) groups is 2. The van der Waals surface area contributed by atoms with Gasteiger partial charge >= 0.3 is 12.1 Å². The number of benzene rings is 3. The number of nitrogens with zero attached hydrogens (tertiary/aromatic N) is 1. The molecule has 0 amide bonds. The highest BCUT2D eigenvalue weighted by Gasteiger charge is 2.38. The van der Waals surface area contributed by atoms with Crippen LogP contribution in [0.15, 0.2) is 60.7 Å². The van der Waals surface area contributed by atoms with Crippen molar-refractivity contribution in [2.45, 2.75) is 45.1 Å². The summed E-state index contributed by atoms with van der Waals surface area (Å²) in [6, 6.07) is 17.3. The van der Waals surface area contributed by atoms with Crippen LogP contribution in [0.25, 0.3) is 0 Å². The van der Waals surface area contributed by atoms with Crippen molar-refractivity contribution in [3.05, 3.63) is 88.5 Å². The van der Waals surface area contributed by atoms with Gasteiger partial charge in [-0.1, -0.05) is 24.3 Å². The van der Waals surface area contributed by atoms with Crippen molar-refractivity contribution >= 4 is 17.4 Å². The number of hydrogen-bond donors (Lipinski definition) is 1. The Morgan fingerprint density at radius 3 is 1.80 bits per heavy atom. The minimum atomic E-state index is -4.78. The first-order valence-electron chi connectivity index (χ1n) is 12.4. The van der Waals surface area contributed by atoms with Gasteiger partial charge in [-0.25, -0.2) is 0 Å². The van der Waals surface area contributed by atoms with E-state index in [1.807, 2.05) is 29.2 Å². The average Bonchev–Trinajstić information content (AvgIpc) is 2.92. The van der Waals surface area contributed by atoms with E-state index in [-0.39, 0.29) is 5.56 Å². The topological polar surface area (TPSA) is 85.3 Å². The highest BCUT2D eigenvalue weighted by molar-refractivity contribution is 5.95. The van der Waals surface area contributed by atoms with Gasteiger partial charge in [0.2, 0.25) is 0 Å². The van der Waals surface area contributed by atoms with Crippen LogP contribution >= 0.6 is 0 Å². The number of halogens is 3. The molecule has 1 unspecified atom stereocenters. The molecule has 3 aromatic rings. The largest absolute Gasteiger partial charge is 0.497 e. The fourth-order valence-corrected chi connectivity index (χ4v) is 4.40. The molecule has 40 heavy (non-hydrogen) atoms. The molecule has 10 heteroatoms. The first-order chi connectivity index (χ1) is 18.9. The summed E-state index contributed by atoms with van der Waals surface area (Å²) in [7, 11) is 4.21. The molecule has 214 valence electrons. The van der Waals surface area contributed by atoms with E-state index >= 15 is 0 Å². The highest BCUT2D eigenvalue weighted by Crippen LogP contribution is 2.41. The van der Waals surface area contributed by atoms with Gasteiger partial charge < -0.3 is 24.2 Å². The number of alkyl halides is 3. The molecule has 0 aliphatic carbocycles. The Kier molecular flexibility index (Phi) is 10.2. The third kappa shape index (κ3) is 7.98. The van der Waals surface area contributed by atoms with E-state index in [4.69, 9.17) is 9.47 Å². The van der Waals surface area contributed by atoms with E-state index < -0.39 is 48.0 Å². The summed E-state index contributed by atoms with van der Waals surface area (Å²) >= 11 is 0. The van der Waals surface area contributed by atoms with E-state index in [1.165, 1.54) is 19.1 Å². The van der Waals surface area contributed by atoms with E-state index in [1.54, 1.807) is 38.5 Å². The van der Waals surface area contributed by atoms with Crippen molar-refractivity contribution in [1.29, 1.82) is 0 Å². The predicted octanol–water partition coefficient (Wildman–Crippen LogP) is 5.79. The van der Waals surface area contributed by atoms with Crippen LogP contribution in [0.4, 0.5) is 18.9 Å². The maximum atomic E-state index is 14.1. The number of hydrogen-bond acceptors (Lipinski definition) is 7. The minimum absolute atomic E-state index is 0.103. The number of ketones is 1. The van der Waals surface area contributed by atoms with Gasteiger partial charge in [-0.05, 0) is 65.6 Å². The van der Waals surface area contributed by atoms with Gasteiger partial charge in [0, 0.05) is 25.2 Å². The summed E-state index contributed by atoms with van der Waals surface area (Å²) in [5.74, 6) is -0.233. The molecule has 0 aromatic heterocycles. The predicted molar refractivity (Wildman–Crippen MR) is 143 cm³/mol. The number of methoxy groups -OCH3 is 3. The van der Waals surface area contributed by atoms with Crippen LogP contribution in [0.1, 0.15) is 46.8 Å². The van der Waals surface area contributed by atoms with E-state index in [2.05, 4.69) is 4.74 Å². The normalized spacial score (nSPS) is 12.0. The first kappa shape index (κ1) is 30.5. The summed E-state index contributed by atoms with van der Waals surface area (Å²) in [4.78, 5) is 25.6. The molecular weight excluding hydrogens is 527 g/mol. The molecule has 1 N–H and O–H groups in total. The maximum Gasteiger partial charge on any atom is 0.417 e. The van der Waals surface area contributed by atoms with Crippen molar-refractivity contribution in [2.24, 2.45) is 0 Å². The lowest BCUT2D eigenvalue weighted by Gasteiger charge is -2.29. The monoisotopic (exact) mass is 559 g/mol. The Balaban J connectivity index is 2.06. The zero-order valence-electron chi connectivity index (χ0n) is 22.7. The Labute approximate surface area is 231 Å². The highest BCUT2D eigenvalue weighted by atomic mass is 19.4. The molecular formula is C30H32F3NO6. The van der Waals surface area contributed by atoms with Gasteiger partial charge in [-0.15, -0.1) is 0 Å². The number of aliphatic hydroxyl groups is 1. The van der Waals surface area contributed by atoms with E-state index in [9.17, 15) is 27.9 Å². The summed E-state index contributed by atoms with van der Waals surface area (Å²) < 4.78 is 57.3. The smallest absolute Gasteiger partial charge is 0.417 e. The Morgan fingerprint density at radius 2 is 1.38 bits per heavy atom. The average molecular weight is 560 g/mol. The standard InChI is InChI=1S/C30H32F3NO6/c1-19-13-22(14-26(29(19)30(31,32)33)27(36)15-23(35)16-28(37)40-4)34(17-20-5-9-24(38-2)10-6-20)18-21-7-11-25(39-3)12-8-21/h5-14,27,36H,15-18H2,1-4H3. The quantitative estimate of drug-likeness (QED) is 0.222. The minimum Gasteiger partial charge on any atom is -0.497 e. The Hall–Kier alpha value is -4.05. The SMILES string of the molecule is COC(=O)CC(=O)CC(O)c1cc(N(Cc2ccc(OC)cc2)Cc2ccc(OC)cc2)cc(C)c1C(F)(F)F. The number of anilines is 1. The number of aliphatic hydroxyl groups excluding tert-OH is 1. The molecule has 1 atom stereocenters. The second kappa shape index (κ2) is 13.3. The van der Waals surface area contributed by atoms with Crippen LogP contribution < -0.4 is 14.4 Å². The van der Waals surface area contributed by atoms with Crippen LogP contribution in [-0.4, -0.2) is 38.2 Å². The Morgan fingerprint density at radius 1 is 0.875 bits per heavy atom. The molecule has 0 spiro atoms. The number of rotatable bonds is 12. The van der Waals surface area contributed by atoms with Gasteiger partial charge in [0.1, 0.15) is 23.7 Å². The van der Waals surface area contributed by atoms with Crippen molar-refractivity contribution < 1.29 is 42.1 Å². The molecule has 0 aliphatic rings. The number of ether oxygens (including phenoxy) is 3. The molecule has 3 rings (SSSR count). The van der Waals surface area contributed by atoms with Gasteiger partial charge in [0.15, 0.2) is 0 Å². The third-order valence-corrected chi connectivity index (χ3v) is 6.41. The maximum absolute atomic E-state index is 14.1. The van der Waals surface area contributed by atoms with Gasteiger partial charge in [0.25, 0.3) is 0 Å². The van der Waals surface area contributed by atoms with E-state index in [0.29, 0.717) is 30.3 Å². The molecule has 0 fully saturated rings. The molecule has 3 aromatic carbocycles. The number of carbonyl (C=O) groups excluding carboxylic acids is 2. The van der Waals surface area contributed by atoms with Crippen LogP contribution in [0.5, 0.6) is 11.5 Å². The van der Waals surface area contributed by atoms with Crippen molar-refractivity contribution in [3.8, 4) is 11.5 Å². The van der Waals surface area contributed by atoms with Crippen LogP contribution in [-0.2, 0) is 33.6 Å². The van der Waals surface area contributed by atoms with Crippen molar-refractivity contribution in [2.75, 3.05) is 26.2 Å². The van der Waals surface area contributed by atoms with Gasteiger partial charge in [-0.3, -0.25) is 9.59 Å². The molecule has 0 aliphatic heterocycles. The first-order valence-corrected chi connectivity index (χ1v) is 12.4.